The maximum absolute atomic E-state index is 15.4. The quantitative estimate of drug-likeness (QED) is 0.272. The van der Waals surface area contributed by atoms with E-state index < -0.39 is 11.8 Å². The molecular weight excluding hydrogens is 477 g/mol. The lowest BCUT2D eigenvalue weighted by atomic mass is 9.98. The number of furan rings is 1. The number of rotatable bonds is 11. The van der Waals surface area contributed by atoms with Gasteiger partial charge in [-0.3, -0.25) is 4.79 Å². The van der Waals surface area contributed by atoms with Crippen LogP contribution in [0.3, 0.4) is 0 Å². The van der Waals surface area contributed by atoms with Gasteiger partial charge in [-0.15, -0.1) is 0 Å². The van der Waals surface area contributed by atoms with Crippen molar-refractivity contribution in [3.05, 3.63) is 83.4 Å². The first-order valence-electron chi connectivity index (χ1n) is 11.9. The maximum atomic E-state index is 15.4. The third-order valence-corrected chi connectivity index (χ3v) is 5.95. The lowest BCUT2D eigenvalue weighted by molar-refractivity contribution is -0.149. The molecule has 0 amide bonds. The Balaban J connectivity index is 1.63. The van der Waals surface area contributed by atoms with E-state index in [9.17, 15) is 4.79 Å². The van der Waals surface area contributed by atoms with Gasteiger partial charge in [-0.05, 0) is 42.3 Å². The van der Waals surface area contributed by atoms with Crippen LogP contribution in [0.4, 0.5) is 4.39 Å². The first-order valence-corrected chi connectivity index (χ1v) is 11.9. The van der Waals surface area contributed by atoms with E-state index in [2.05, 4.69) is 0 Å². The summed E-state index contributed by atoms with van der Waals surface area (Å²) in [5.74, 6) is 0.0892. The molecule has 37 heavy (non-hydrogen) atoms. The molecule has 0 aliphatic rings. The first kappa shape index (κ1) is 26.2. The van der Waals surface area contributed by atoms with Gasteiger partial charge in [0.1, 0.15) is 35.6 Å². The Labute approximate surface area is 214 Å². The van der Waals surface area contributed by atoms with E-state index in [1.807, 2.05) is 24.3 Å². The predicted molar refractivity (Wildman–Crippen MR) is 138 cm³/mol. The molecule has 0 spiro atoms. The number of halogens is 1. The van der Waals surface area contributed by atoms with Gasteiger partial charge in [0.25, 0.3) is 0 Å². The molecule has 194 valence electrons. The van der Waals surface area contributed by atoms with Crippen molar-refractivity contribution >= 4 is 16.9 Å². The van der Waals surface area contributed by atoms with E-state index in [-0.39, 0.29) is 19.1 Å². The molecule has 0 saturated heterocycles. The molecule has 4 rings (SSSR count). The fourth-order valence-electron chi connectivity index (χ4n) is 4.14. The maximum Gasteiger partial charge on any atom is 0.310 e. The van der Waals surface area contributed by atoms with Crippen molar-refractivity contribution in [1.82, 2.24) is 0 Å². The van der Waals surface area contributed by atoms with E-state index in [0.717, 1.165) is 16.7 Å². The number of carbonyl (C=O) groups excluding carboxylic acids is 1. The van der Waals surface area contributed by atoms with E-state index >= 15 is 4.39 Å². The van der Waals surface area contributed by atoms with Crippen LogP contribution < -0.4 is 15.2 Å². The molecule has 1 atom stereocenters. The Hall–Kier alpha value is -3.88. The van der Waals surface area contributed by atoms with Crippen LogP contribution in [-0.4, -0.2) is 32.9 Å². The molecule has 1 heterocycles. The molecule has 0 aliphatic heterocycles. The SMILES string of the molecule is COCC(C)OC(=O)Cc1ccc(OC)cc1OCc1cc(-c2cccc(CN)c2)c2occc2c1F. The predicted octanol–water partition coefficient (Wildman–Crippen LogP) is 5.41. The minimum atomic E-state index is -0.431. The minimum absolute atomic E-state index is 0.0201. The normalized spacial score (nSPS) is 11.9. The van der Waals surface area contributed by atoms with Crippen LogP contribution in [0.2, 0.25) is 0 Å². The number of carbonyl (C=O) groups is 1. The molecule has 4 aromatic rings. The number of fused-ring (bicyclic) bond motifs is 1. The van der Waals surface area contributed by atoms with Crippen molar-refractivity contribution in [2.75, 3.05) is 20.8 Å². The van der Waals surface area contributed by atoms with E-state index in [0.29, 0.717) is 46.7 Å². The first-order chi connectivity index (χ1) is 17.9. The molecule has 0 radical (unpaired) electrons. The zero-order chi connectivity index (χ0) is 26.4. The summed E-state index contributed by atoms with van der Waals surface area (Å²) in [6.07, 6.45) is 1.06. The highest BCUT2D eigenvalue weighted by Crippen LogP contribution is 2.35. The van der Waals surface area contributed by atoms with Gasteiger partial charge in [-0.25, -0.2) is 4.39 Å². The third kappa shape index (κ3) is 6.10. The molecule has 0 bridgehead atoms. The van der Waals surface area contributed by atoms with Gasteiger partial charge in [0.05, 0.1) is 31.8 Å². The van der Waals surface area contributed by atoms with Crippen LogP contribution in [0, 0.1) is 5.82 Å². The van der Waals surface area contributed by atoms with E-state index in [4.69, 9.17) is 29.1 Å². The van der Waals surface area contributed by atoms with Gasteiger partial charge < -0.3 is 29.1 Å². The molecule has 0 saturated carbocycles. The van der Waals surface area contributed by atoms with Crippen molar-refractivity contribution in [2.45, 2.75) is 32.6 Å². The van der Waals surface area contributed by atoms with Crippen LogP contribution >= 0.6 is 0 Å². The van der Waals surface area contributed by atoms with Gasteiger partial charge in [0.15, 0.2) is 0 Å². The molecule has 7 nitrogen and oxygen atoms in total. The summed E-state index contributed by atoms with van der Waals surface area (Å²) >= 11 is 0. The number of hydrogen-bond donors (Lipinski definition) is 1. The highest BCUT2D eigenvalue weighted by atomic mass is 19.1. The second kappa shape index (κ2) is 11.9. The smallest absolute Gasteiger partial charge is 0.310 e. The van der Waals surface area contributed by atoms with Crippen molar-refractivity contribution in [3.63, 3.8) is 0 Å². The number of benzene rings is 3. The zero-order valence-corrected chi connectivity index (χ0v) is 21.1. The Kier molecular flexibility index (Phi) is 8.43. The van der Waals surface area contributed by atoms with Crippen molar-refractivity contribution in [2.24, 2.45) is 5.73 Å². The van der Waals surface area contributed by atoms with Gasteiger partial charge in [0.2, 0.25) is 0 Å². The lowest BCUT2D eigenvalue weighted by Gasteiger charge is -2.16. The Morgan fingerprint density at radius 2 is 1.92 bits per heavy atom. The van der Waals surface area contributed by atoms with Crippen molar-refractivity contribution in [1.29, 1.82) is 0 Å². The van der Waals surface area contributed by atoms with Gasteiger partial charge >= 0.3 is 5.97 Å². The fraction of sp³-hybridized carbons (Fsp3) is 0.276. The molecule has 3 aromatic carbocycles. The lowest BCUT2D eigenvalue weighted by Crippen LogP contribution is -2.21. The van der Waals surface area contributed by atoms with E-state index in [1.54, 1.807) is 44.4 Å². The van der Waals surface area contributed by atoms with Crippen molar-refractivity contribution < 1.29 is 32.5 Å². The molecular formula is C29H30FNO6. The van der Waals surface area contributed by atoms with Gasteiger partial charge in [-0.2, -0.15) is 0 Å². The summed E-state index contributed by atoms with van der Waals surface area (Å²) in [7, 11) is 3.08. The van der Waals surface area contributed by atoms with Crippen LogP contribution in [0.25, 0.3) is 22.1 Å². The Bertz CT molecular complexity index is 1380. The summed E-state index contributed by atoms with van der Waals surface area (Å²) < 4.78 is 42.9. The van der Waals surface area contributed by atoms with E-state index in [1.165, 1.54) is 13.4 Å². The molecule has 0 aliphatic carbocycles. The monoisotopic (exact) mass is 507 g/mol. The highest BCUT2D eigenvalue weighted by molar-refractivity contribution is 5.93. The number of methoxy groups -OCH3 is 2. The average molecular weight is 508 g/mol. The third-order valence-electron chi connectivity index (χ3n) is 5.95. The molecule has 2 N–H and O–H groups in total. The Morgan fingerprint density at radius 1 is 1.08 bits per heavy atom. The van der Waals surface area contributed by atoms with Crippen molar-refractivity contribution in [3.8, 4) is 22.6 Å². The second-order valence-electron chi connectivity index (χ2n) is 8.66. The standard InChI is InChI=1S/C29H30FNO6/c1-18(16-33-2)37-27(32)13-21-7-8-23(34-3)14-26(21)36-17-22-12-25(20-6-4-5-19(11-20)15-31)29-24(28(22)30)9-10-35-29/h4-12,14,18H,13,15-17,31H2,1-3H3. The molecule has 8 heteroatoms. The molecule has 0 fully saturated rings. The summed E-state index contributed by atoms with van der Waals surface area (Å²) in [6, 6.07) is 16.2. The number of hydrogen-bond acceptors (Lipinski definition) is 7. The topological polar surface area (TPSA) is 93.2 Å². The van der Waals surface area contributed by atoms with Crippen LogP contribution in [0.1, 0.15) is 23.6 Å². The summed E-state index contributed by atoms with van der Waals surface area (Å²) in [5, 5.41) is 0.357. The number of ether oxygens (including phenoxy) is 4. The van der Waals surface area contributed by atoms with Gasteiger partial charge in [0, 0.05) is 36.4 Å². The summed E-state index contributed by atoms with van der Waals surface area (Å²) in [4.78, 5) is 12.5. The fourth-order valence-corrected chi connectivity index (χ4v) is 4.14. The largest absolute Gasteiger partial charge is 0.497 e. The molecule has 1 unspecified atom stereocenters. The zero-order valence-electron chi connectivity index (χ0n) is 21.1. The van der Waals surface area contributed by atoms with Crippen LogP contribution in [0.15, 0.2) is 65.3 Å². The van der Waals surface area contributed by atoms with Crippen LogP contribution in [-0.2, 0) is 33.8 Å². The average Bonchev–Trinajstić information content (AvgIpc) is 3.39. The molecule has 1 aromatic heterocycles. The number of esters is 1. The Morgan fingerprint density at radius 3 is 2.68 bits per heavy atom. The second-order valence-corrected chi connectivity index (χ2v) is 8.66. The number of nitrogens with two attached hydrogens (primary N) is 1. The van der Waals surface area contributed by atoms with Crippen LogP contribution in [0.5, 0.6) is 11.5 Å². The highest BCUT2D eigenvalue weighted by Gasteiger charge is 2.19. The summed E-state index contributed by atoms with van der Waals surface area (Å²) in [5.41, 5.74) is 9.74. The minimum Gasteiger partial charge on any atom is -0.497 e. The summed E-state index contributed by atoms with van der Waals surface area (Å²) in [6.45, 7) is 2.36. The van der Waals surface area contributed by atoms with Gasteiger partial charge in [-0.1, -0.05) is 24.3 Å².